The van der Waals surface area contributed by atoms with Crippen molar-refractivity contribution in [2.75, 3.05) is 13.1 Å². The van der Waals surface area contributed by atoms with Gasteiger partial charge in [0.15, 0.2) is 0 Å². The minimum Gasteiger partial charge on any atom is -0.391 e. The average molecular weight is 311 g/mol. The van der Waals surface area contributed by atoms with E-state index in [1.807, 2.05) is 38.1 Å². The lowest BCUT2D eigenvalue weighted by atomic mass is 9.96. The number of carbonyl (C=O) groups is 1. The minimum absolute atomic E-state index is 0.0359. The Balaban J connectivity index is 1.98. The first kappa shape index (κ1) is 16.1. The first-order chi connectivity index (χ1) is 10.0. The molecule has 1 fully saturated rings. The van der Waals surface area contributed by atoms with E-state index >= 15 is 0 Å². The summed E-state index contributed by atoms with van der Waals surface area (Å²) in [6.07, 6.45) is 1.21. The highest BCUT2D eigenvalue weighted by molar-refractivity contribution is 6.30. The molecule has 0 bridgehead atoms. The van der Waals surface area contributed by atoms with Crippen molar-refractivity contribution < 1.29 is 9.90 Å². The minimum atomic E-state index is -0.430. The highest BCUT2D eigenvalue weighted by Gasteiger charge is 2.28. The zero-order chi connectivity index (χ0) is 15.4. The number of hydrogen-bond donors (Lipinski definition) is 2. The zero-order valence-electron chi connectivity index (χ0n) is 12.6. The number of halogens is 1. The summed E-state index contributed by atoms with van der Waals surface area (Å²) in [6, 6.07) is 7.39. The quantitative estimate of drug-likeness (QED) is 0.900. The Bertz CT molecular complexity index is 478. The van der Waals surface area contributed by atoms with Gasteiger partial charge in [0.1, 0.15) is 0 Å². The van der Waals surface area contributed by atoms with E-state index in [2.05, 4.69) is 5.32 Å². The van der Waals surface area contributed by atoms with Gasteiger partial charge in [-0.3, -0.25) is 0 Å². The molecule has 2 rings (SSSR count). The number of benzene rings is 1. The van der Waals surface area contributed by atoms with E-state index in [0.717, 1.165) is 18.4 Å². The SMILES string of the molecule is CCC(NC(=O)N1CCC(C)C(O)C1)c1ccc(Cl)cc1. The molecule has 0 aromatic heterocycles. The smallest absolute Gasteiger partial charge is 0.317 e. The Hall–Kier alpha value is -1.26. The fourth-order valence-corrected chi connectivity index (χ4v) is 2.72. The lowest BCUT2D eigenvalue weighted by Gasteiger charge is -2.35. The standard InChI is InChI=1S/C16H23ClN2O2/c1-3-14(12-4-6-13(17)7-5-12)18-16(21)19-9-8-11(2)15(20)10-19/h4-7,11,14-15,20H,3,8-10H2,1-2H3,(H,18,21). The third-order valence-electron chi connectivity index (χ3n) is 4.18. The normalized spacial score (nSPS) is 23.7. The van der Waals surface area contributed by atoms with E-state index in [0.29, 0.717) is 18.1 Å². The third-order valence-corrected chi connectivity index (χ3v) is 4.44. The van der Waals surface area contributed by atoms with Crippen LogP contribution in [0, 0.1) is 5.92 Å². The number of amides is 2. The van der Waals surface area contributed by atoms with Crippen LogP contribution in [0.5, 0.6) is 0 Å². The number of aliphatic hydroxyl groups is 1. The van der Waals surface area contributed by atoms with E-state index < -0.39 is 6.10 Å². The molecule has 0 radical (unpaired) electrons. The van der Waals surface area contributed by atoms with Gasteiger partial charge in [-0.25, -0.2) is 4.79 Å². The van der Waals surface area contributed by atoms with Gasteiger partial charge in [-0.05, 0) is 36.5 Å². The molecule has 2 amide bonds. The molecule has 0 aliphatic carbocycles. The summed E-state index contributed by atoms with van der Waals surface area (Å²) < 4.78 is 0. The van der Waals surface area contributed by atoms with E-state index in [4.69, 9.17) is 11.6 Å². The highest BCUT2D eigenvalue weighted by Crippen LogP contribution is 2.21. The number of nitrogens with zero attached hydrogens (tertiary/aromatic N) is 1. The van der Waals surface area contributed by atoms with Gasteiger partial charge in [0.25, 0.3) is 0 Å². The van der Waals surface area contributed by atoms with Crippen molar-refractivity contribution in [3.63, 3.8) is 0 Å². The molecule has 2 N–H and O–H groups in total. The average Bonchev–Trinajstić information content (AvgIpc) is 2.48. The molecular formula is C16H23ClN2O2. The molecular weight excluding hydrogens is 288 g/mol. The second-order valence-corrected chi connectivity index (χ2v) is 6.18. The maximum atomic E-state index is 12.3. The van der Waals surface area contributed by atoms with Gasteiger partial charge < -0.3 is 15.3 Å². The van der Waals surface area contributed by atoms with Gasteiger partial charge in [-0.2, -0.15) is 0 Å². The van der Waals surface area contributed by atoms with Gasteiger partial charge in [-0.1, -0.05) is 37.6 Å². The Morgan fingerprint density at radius 1 is 1.48 bits per heavy atom. The van der Waals surface area contributed by atoms with Crippen LogP contribution in [0.1, 0.15) is 38.3 Å². The second-order valence-electron chi connectivity index (χ2n) is 5.74. The van der Waals surface area contributed by atoms with Crippen molar-refractivity contribution in [2.24, 2.45) is 5.92 Å². The summed E-state index contributed by atoms with van der Waals surface area (Å²) in [5.74, 6) is 0.257. The van der Waals surface area contributed by atoms with E-state index in [-0.39, 0.29) is 18.0 Å². The first-order valence-electron chi connectivity index (χ1n) is 7.50. The van der Waals surface area contributed by atoms with Crippen LogP contribution in [0.25, 0.3) is 0 Å². The van der Waals surface area contributed by atoms with Crippen molar-refractivity contribution in [2.45, 2.75) is 38.8 Å². The van der Waals surface area contributed by atoms with E-state index in [9.17, 15) is 9.90 Å². The molecule has 3 unspecified atom stereocenters. The molecule has 21 heavy (non-hydrogen) atoms. The number of urea groups is 1. The molecule has 4 nitrogen and oxygen atoms in total. The summed E-state index contributed by atoms with van der Waals surface area (Å²) in [5.41, 5.74) is 1.04. The maximum Gasteiger partial charge on any atom is 0.317 e. The summed E-state index contributed by atoms with van der Waals surface area (Å²) in [7, 11) is 0. The van der Waals surface area contributed by atoms with Gasteiger partial charge in [0.05, 0.1) is 12.1 Å². The summed E-state index contributed by atoms with van der Waals surface area (Å²) in [4.78, 5) is 14.0. The number of rotatable bonds is 3. The molecule has 1 aliphatic rings. The molecule has 5 heteroatoms. The number of likely N-dealkylation sites (tertiary alicyclic amines) is 1. The van der Waals surface area contributed by atoms with Crippen molar-refractivity contribution in [3.8, 4) is 0 Å². The van der Waals surface area contributed by atoms with Gasteiger partial charge in [0, 0.05) is 18.1 Å². The Morgan fingerprint density at radius 2 is 2.14 bits per heavy atom. The van der Waals surface area contributed by atoms with Crippen LogP contribution in [0.15, 0.2) is 24.3 Å². The Labute approximate surface area is 131 Å². The first-order valence-corrected chi connectivity index (χ1v) is 7.88. The number of hydrogen-bond acceptors (Lipinski definition) is 2. The molecule has 0 saturated carbocycles. The molecule has 1 heterocycles. The number of carbonyl (C=O) groups excluding carboxylic acids is 1. The fourth-order valence-electron chi connectivity index (χ4n) is 2.59. The molecule has 1 saturated heterocycles. The van der Waals surface area contributed by atoms with Crippen LogP contribution in [0.4, 0.5) is 4.79 Å². The lowest BCUT2D eigenvalue weighted by molar-refractivity contribution is 0.0429. The summed E-state index contributed by atoms with van der Waals surface area (Å²) in [6.45, 7) is 5.15. The number of piperidine rings is 1. The second kappa shape index (κ2) is 7.14. The predicted octanol–water partition coefficient (Wildman–Crippen LogP) is 3.20. The maximum absolute atomic E-state index is 12.3. The van der Waals surface area contributed by atoms with Crippen LogP contribution >= 0.6 is 11.6 Å². The monoisotopic (exact) mass is 310 g/mol. The highest BCUT2D eigenvalue weighted by atomic mass is 35.5. The van der Waals surface area contributed by atoms with Crippen LogP contribution in [0.3, 0.4) is 0 Å². The Morgan fingerprint density at radius 3 is 2.71 bits per heavy atom. The van der Waals surface area contributed by atoms with Crippen LogP contribution in [-0.4, -0.2) is 35.2 Å². The van der Waals surface area contributed by atoms with Gasteiger partial charge >= 0.3 is 6.03 Å². The lowest BCUT2D eigenvalue weighted by Crippen LogP contribution is -2.50. The molecule has 116 valence electrons. The molecule has 1 aliphatic heterocycles. The number of aliphatic hydroxyl groups excluding tert-OH is 1. The van der Waals surface area contributed by atoms with Crippen molar-refractivity contribution in [3.05, 3.63) is 34.9 Å². The predicted molar refractivity (Wildman–Crippen MR) is 84.4 cm³/mol. The molecule has 1 aromatic carbocycles. The summed E-state index contributed by atoms with van der Waals surface area (Å²) >= 11 is 5.89. The van der Waals surface area contributed by atoms with Crippen LogP contribution < -0.4 is 5.32 Å². The number of β-amino-alcohol motifs (C(OH)–C–C–N with tert-alkyl or cyclic N) is 1. The van der Waals surface area contributed by atoms with Crippen LogP contribution in [0.2, 0.25) is 5.02 Å². The zero-order valence-corrected chi connectivity index (χ0v) is 13.3. The summed E-state index contributed by atoms with van der Waals surface area (Å²) in [5, 5.41) is 13.6. The van der Waals surface area contributed by atoms with Gasteiger partial charge in [0.2, 0.25) is 0 Å². The number of nitrogens with one attached hydrogen (secondary N) is 1. The molecule has 3 atom stereocenters. The largest absolute Gasteiger partial charge is 0.391 e. The van der Waals surface area contributed by atoms with Crippen molar-refractivity contribution in [1.82, 2.24) is 10.2 Å². The van der Waals surface area contributed by atoms with Crippen LogP contribution in [-0.2, 0) is 0 Å². The van der Waals surface area contributed by atoms with Gasteiger partial charge in [-0.15, -0.1) is 0 Å². The molecule has 1 aromatic rings. The topological polar surface area (TPSA) is 52.6 Å². The van der Waals surface area contributed by atoms with Crippen molar-refractivity contribution >= 4 is 17.6 Å². The van der Waals surface area contributed by atoms with Crippen molar-refractivity contribution in [1.29, 1.82) is 0 Å². The third kappa shape index (κ3) is 4.11. The Kier molecular flexibility index (Phi) is 5.48. The fraction of sp³-hybridized carbons (Fsp3) is 0.562. The van der Waals surface area contributed by atoms with E-state index in [1.54, 1.807) is 4.90 Å². The molecule has 0 spiro atoms. The van der Waals surface area contributed by atoms with E-state index in [1.165, 1.54) is 0 Å².